The SMILES string of the molecule is Cn1cc2ncn([C@H]3C=C[C@@H](CO)O3)c2nc1=O. The molecule has 0 aliphatic carbocycles. The van der Waals surface area contributed by atoms with Crippen LogP contribution in [0.1, 0.15) is 6.23 Å². The number of rotatable bonds is 2. The summed E-state index contributed by atoms with van der Waals surface area (Å²) in [5.74, 6) is 0. The van der Waals surface area contributed by atoms with Crippen molar-refractivity contribution in [2.24, 2.45) is 7.05 Å². The second kappa shape index (κ2) is 4.04. The van der Waals surface area contributed by atoms with Gasteiger partial charge in [0.2, 0.25) is 0 Å². The van der Waals surface area contributed by atoms with E-state index in [1.165, 1.54) is 4.57 Å². The van der Waals surface area contributed by atoms with Crippen molar-refractivity contribution in [2.75, 3.05) is 6.61 Å². The van der Waals surface area contributed by atoms with Gasteiger partial charge in [0.15, 0.2) is 11.9 Å². The summed E-state index contributed by atoms with van der Waals surface area (Å²) < 4.78 is 8.59. The highest BCUT2D eigenvalue weighted by Crippen LogP contribution is 2.23. The summed E-state index contributed by atoms with van der Waals surface area (Å²) in [5.41, 5.74) is 0.762. The van der Waals surface area contributed by atoms with E-state index in [4.69, 9.17) is 9.84 Å². The number of fused-ring (bicyclic) bond motifs is 1. The van der Waals surface area contributed by atoms with Crippen molar-refractivity contribution in [1.29, 1.82) is 0 Å². The highest BCUT2D eigenvalue weighted by Gasteiger charge is 2.22. The molecular formula is C11H12N4O3. The number of imidazole rings is 1. The van der Waals surface area contributed by atoms with Crippen LogP contribution >= 0.6 is 0 Å². The normalized spacial score (nSPS) is 23.0. The number of hydrogen-bond acceptors (Lipinski definition) is 5. The van der Waals surface area contributed by atoms with E-state index < -0.39 is 0 Å². The number of aryl methyl sites for hydroxylation is 1. The molecule has 1 N–H and O–H groups in total. The zero-order chi connectivity index (χ0) is 12.7. The van der Waals surface area contributed by atoms with E-state index >= 15 is 0 Å². The van der Waals surface area contributed by atoms with Crippen molar-refractivity contribution in [3.63, 3.8) is 0 Å². The first-order valence-corrected chi connectivity index (χ1v) is 5.54. The van der Waals surface area contributed by atoms with Gasteiger partial charge in [-0.1, -0.05) is 6.08 Å². The van der Waals surface area contributed by atoms with Crippen molar-refractivity contribution < 1.29 is 9.84 Å². The van der Waals surface area contributed by atoms with Crippen LogP contribution in [-0.2, 0) is 11.8 Å². The highest BCUT2D eigenvalue weighted by atomic mass is 16.5. The summed E-state index contributed by atoms with van der Waals surface area (Å²) >= 11 is 0. The Morgan fingerprint density at radius 1 is 1.50 bits per heavy atom. The fourth-order valence-electron chi connectivity index (χ4n) is 1.92. The molecule has 1 aliphatic heterocycles. The second-order valence-electron chi connectivity index (χ2n) is 4.13. The van der Waals surface area contributed by atoms with E-state index in [9.17, 15) is 4.79 Å². The fourth-order valence-corrected chi connectivity index (χ4v) is 1.92. The minimum Gasteiger partial charge on any atom is -0.393 e. The van der Waals surface area contributed by atoms with Crippen LogP contribution in [0.5, 0.6) is 0 Å². The van der Waals surface area contributed by atoms with Gasteiger partial charge >= 0.3 is 5.69 Å². The van der Waals surface area contributed by atoms with Gasteiger partial charge in [-0.3, -0.25) is 9.13 Å². The molecule has 3 rings (SSSR count). The van der Waals surface area contributed by atoms with Crippen LogP contribution in [0.2, 0.25) is 0 Å². The lowest BCUT2D eigenvalue weighted by Crippen LogP contribution is -2.21. The van der Waals surface area contributed by atoms with E-state index in [0.29, 0.717) is 11.2 Å². The van der Waals surface area contributed by atoms with Gasteiger partial charge < -0.3 is 9.84 Å². The first-order valence-electron chi connectivity index (χ1n) is 5.54. The molecule has 0 unspecified atom stereocenters. The predicted molar refractivity (Wildman–Crippen MR) is 62.9 cm³/mol. The largest absolute Gasteiger partial charge is 0.393 e. The number of aliphatic hydroxyl groups is 1. The maximum atomic E-state index is 11.5. The Balaban J connectivity index is 2.06. The molecule has 0 aromatic carbocycles. The van der Waals surface area contributed by atoms with E-state index in [0.717, 1.165) is 0 Å². The maximum absolute atomic E-state index is 11.5. The minimum atomic E-state index is -0.383. The molecule has 1 aliphatic rings. The topological polar surface area (TPSA) is 82.2 Å². The summed E-state index contributed by atoms with van der Waals surface area (Å²) in [7, 11) is 1.63. The Labute approximate surface area is 102 Å². The Hall–Kier alpha value is -1.99. The lowest BCUT2D eigenvalue weighted by Gasteiger charge is -2.13. The van der Waals surface area contributed by atoms with Gasteiger partial charge in [-0.25, -0.2) is 9.78 Å². The van der Waals surface area contributed by atoms with E-state index in [2.05, 4.69) is 9.97 Å². The molecule has 2 atom stereocenters. The van der Waals surface area contributed by atoms with Crippen LogP contribution in [0.15, 0.2) is 29.5 Å². The highest BCUT2D eigenvalue weighted by molar-refractivity contribution is 5.69. The third-order valence-corrected chi connectivity index (χ3v) is 2.87. The Morgan fingerprint density at radius 2 is 2.33 bits per heavy atom. The van der Waals surface area contributed by atoms with Crippen LogP contribution < -0.4 is 5.69 Å². The van der Waals surface area contributed by atoms with Gasteiger partial charge in [-0.15, -0.1) is 0 Å². The van der Waals surface area contributed by atoms with Gasteiger partial charge in [0.1, 0.15) is 11.6 Å². The predicted octanol–water partition coefficient (Wildman–Crippen LogP) is -0.424. The number of aromatic nitrogens is 4. The fraction of sp³-hybridized carbons (Fsp3) is 0.364. The standard InChI is InChI=1S/C11H12N4O3/c1-14-4-8-10(13-11(14)17)15(6-12-8)9-3-2-7(5-16)18-9/h2-4,6-7,9,16H,5H2,1H3/t7-,9+/m0/s1. The van der Waals surface area contributed by atoms with Gasteiger partial charge in [0.05, 0.1) is 12.9 Å². The molecule has 7 nitrogen and oxygen atoms in total. The molecule has 94 valence electrons. The second-order valence-corrected chi connectivity index (χ2v) is 4.13. The van der Waals surface area contributed by atoms with Crippen LogP contribution in [0.25, 0.3) is 11.2 Å². The molecule has 0 radical (unpaired) electrons. The van der Waals surface area contributed by atoms with Crippen molar-refractivity contribution in [1.82, 2.24) is 19.1 Å². The molecule has 2 aromatic rings. The van der Waals surface area contributed by atoms with Crippen LogP contribution in [-0.4, -0.2) is 36.9 Å². The molecular weight excluding hydrogens is 236 g/mol. The number of hydrogen-bond donors (Lipinski definition) is 1. The zero-order valence-electron chi connectivity index (χ0n) is 9.72. The summed E-state index contributed by atoms with van der Waals surface area (Å²) in [6.07, 6.45) is 6.08. The summed E-state index contributed by atoms with van der Waals surface area (Å²) in [6, 6.07) is 0. The van der Waals surface area contributed by atoms with Crippen LogP contribution in [0, 0.1) is 0 Å². The summed E-state index contributed by atoms with van der Waals surface area (Å²) in [6.45, 7) is -0.0746. The molecule has 2 aromatic heterocycles. The quantitative estimate of drug-likeness (QED) is 0.730. The lowest BCUT2D eigenvalue weighted by molar-refractivity contribution is -0.00640. The first-order chi connectivity index (χ1) is 8.69. The molecule has 0 saturated heterocycles. The Bertz CT molecular complexity index is 672. The van der Waals surface area contributed by atoms with E-state index in [1.807, 2.05) is 0 Å². The average Bonchev–Trinajstić information content (AvgIpc) is 2.96. The Kier molecular flexibility index (Phi) is 2.49. The first kappa shape index (κ1) is 11.1. The maximum Gasteiger partial charge on any atom is 0.349 e. The average molecular weight is 248 g/mol. The van der Waals surface area contributed by atoms with Crippen LogP contribution in [0.4, 0.5) is 0 Å². The summed E-state index contributed by atoms with van der Waals surface area (Å²) in [4.78, 5) is 19.7. The third-order valence-electron chi connectivity index (χ3n) is 2.87. The number of aliphatic hydroxyl groups excluding tert-OH is 1. The van der Waals surface area contributed by atoms with E-state index in [1.54, 1.807) is 36.3 Å². The van der Waals surface area contributed by atoms with Gasteiger partial charge in [0.25, 0.3) is 0 Å². The lowest BCUT2D eigenvalue weighted by atomic mass is 10.4. The van der Waals surface area contributed by atoms with Crippen LogP contribution in [0.3, 0.4) is 0 Å². The molecule has 7 heteroatoms. The number of ether oxygens (including phenoxy) is 1. The molecule has 0 spiro atoms. The number of nitrogens with zero attached hydrogens (tertiary/aromatic N) is 4. The van der Waals surface area contributed by atoms with Gasteiger partial charge in [-0.2, -0.15) is 4.98 Å². The summed E-state index contributed by atoms with van der Waals surface area (Å²) in [5, 5.41) is 9.01. The Morgan fingerprint density at radius 3 is 3.06 bits per heavy atom. The zero-order valence-corrected chi connectivity index (χ0v) is 9.72. The molecule has 18 heavy (non-hydrogen) atoms. The molecule has 0 amide bonds. The van der Waals surface area contributed by atoms with Gasteiger partial charge in [0, 0.05) is 13.2 Å². The monoisotopic (exact) mass is 248 g/mol. The van der Waals surface area contributed by atoms with Crippen molar-refractivity contribution in [3.8, 4) is 0 Å². The molecule has 3 heterocycles. The van der Waals surface area contributed by atoms with Gasteiger partial charge in [-0.05, 0) is 6.08 Å². The van der Waals surface area contributed by atoms with Crippen molar-refractivity contribution in [3.05, 3.63) is 35.2 Å². The minimum absolute atomic E-state index is 0.0746. The van der Waals surface area contributed by atoms with E-state index in [-0.39, 0.29) is 24.6 Å². The van der Waals surface area contributed by atoms with Crippen molar-refractivity contribution >= 4 is 11.2 Å². The molecule has 0 bridgehead atoms. The smallest absolute Gasteiger partial charge is 0.349 e. The molecule has 0 saturated carbocycles. The molecule has 0 fully saturated rings. The third kappa shape index (κ3) is 1.64. The van der Waals surface area contributed by atoms with Crippen molar-refractivity contribution in [2.45, 2.75) is 12.3 Å².